The molecular formula is C24H26O5. The van der Waals surface area contributed by atoms with Gasteiger partial charge in [-0.15, -0.1) is 0 Å². The lowest BCUT2D eigenvalue weighted by Crippen LogP contribution is -2.21. The van der Waals surface area contributed by atoms with Gasteiger partial charge >= 0.3 is 0 Å². The second kappa shape index (κ2) is 13.0. The number of fused-ring (bicyclic) bond motifs is 1. The van der Waals surface area contributed by atoms with Gasteiger partial charge in [0.15, 0.2) is 6.29 Å². The zero-order valence-corrected chi connectivity index (χ0v) is 16.6. The van der Waals surface area contributed by atoms with Crippen molar-refractivity contribution >= 4 is 11.0 Å². The molecule has 5 nitrogen and oxygen atoms in total. The summed E-state index contributed by atoms with van der Waals surface area (Å²) in [6.07, 6.45) is 1.39. The maximum Gasteiger partial charge on any atom is 0.191 e. The molecule has 0 spiro atoms. The standard InChI is InChI=1S/C10H14O3.C8H6O.C6H6O/c1-11-10(12-2)8-13-9-6-4-3-5-7-9;1-2-4-8-7(3-1)5-6-9-8;7-6-4-2-1-3-5-6/h3-7,10H,8H2,1-2H3;1-6H;1-5,7H. The first-order chi connectivity index (χ1) is 14.2. The Labute approximate surface area is 171 Å². The highest BCUT2D eigenvalue weighted by Crippen LogP contribution is 2.13. The van der Waals surface area contributed by atoms with E-state index in [0.717, 1.165) is 16.7 Å². The van der Waals surface area contributed by atoms with E-state index in [4.69, 9.17) is 23.7 Å². The fraction of sp³-hybridized carbons (Fsp3) is 0.167. The van der Waals surface area contributed by atoms with Crippen LogP contribution in [0.2, 0.25) is 0 Å². The van der Waals surface area contributed by atoms with E-state index >= 15 is 0 Å². The topological polar surface area (TPSA) is 61.1 Å². The molecule has 0 unspecified atom stereocenters. The number of hydrogen-bond donors (Lipinski definition) is 1. The van der Waals surface area contributed by atoms with Crippen molar-refractivity contribution in [1.29, 1.82) is 0 Å². The van der Waals surface area contributed by atoms with Crippen LogP contribution in [0.3, 0.4) is 0 Å². The van der Waals surface area contributed by atoms with E-state index < -0.39 is 0 Å². The van der Waals surface area contributed by atoms with Gasteiger partial charge in [-0.1, -0.05) is 54.6 Å². The zero-order valence-electron chi connectivity index (χ0n) is 16.6. The highest BCUT2D eigenvalue weighted by atomic mass is 16.7. The summed E-state index contributed by atoms with van der Waals surface area (Å²) < 4.78 is 20.5. The van der Waals surface area contributed by atoms with Crippen molar-refractivity contribution in [3.8, 4) is 11.5 Å². The molecule has 0 atom stereocenters. The van der Waals surface area contributed by atoms with Crippen LogP contribution >= 0.6 is 0 Å². The SMILES string of the molecule is COC(COc1ccccc1)OC.Oc1ccccc1.c1ccc2occc2c1. The lowest BCUT2D eigenvalue weighted by molar-refractivity contribution is -0.121. The van der Waals surface area contributed by atoms with Crippen LogP contribution in [0.1, 0.15) is 0 Å². The maximum atomic E-state index is 8.63. The number of benzene rings is 3. The van der Waals surface area contributed by atoms with E-state index in [-0.39, 0.29) is 6.29 Å². The van der Waals surface area contributed by atoms with E-state index in [0.29, 0.717) is 12.4 Å². The van der Waals surface area contributed by atoms with Gasteiger partial charge in [-0.3, -0.25) is 0 Å². The van der Waals surface area contributed by atoms with E-state index in [9.17, 15) is 0 Å². The summed E-state index contributed by atoms with van der Waals surface area (Å²) in [7, 11) is 3.17. The van der Waals surface area contributed by atoms with Crippen LogP contribution in [0.5, 0.6) is 11.5 Å². The van der Waals surface area contributed by atoms with Gasteiger partial charge in [-0.2, -0.15) is 0 Å². The van der Waals surface area contributed by atoms with E-state index in [1.165, 1.54) is 0 Å². The average molecular weight is 394 g/mol. The summed E-state index contributed by atoms with van der Waals surface area (Å²) in [4.78, 5) is 0. The molecule has 0 aliphatic heterocycles. The van der Waals surface area contributed by atoms with Crippen molar-refractivity contribution < 1.29 is 23.7 Å². The predicted octanol–water partition coefficient (Wildman–Crippen LogP) is 5.51. The van der Waals surface area contributed by atoms with Crippen LogP contribution < -0.4 is 4.74 Å². The molecule has 0 bridgehead atoms. The summed E-state index contributed by atoms with van der Waals surface area (Å²) in [6.45, 7) is 0.400. The van der Waals surface area contributed by atoms with Crippen molar-refractivity contribution in [3.63, 3.8) is 0 Å². The van der Waals surface area contributed by atoms with Crippen LogP contribution in [-0.2, 0) is 9.47 Å². The molecule has 0 saturated carbocycles. The van der Waals surface area contributed by atoms with Crippen LogP contribution in [-0.4, -0.2) is 32.2 Å². The molecule has 1 aromatic heterocycles. The predicted molar refractivity (Wildman–Crippen MR) is 114 cm³/mol. The highest BCUT2D eigenvalue weighted by Gasteiger charge is 2.04. The molecule has 0 aliphatic carbocycles. The van der Waals surface area contributed by atoms with Crippen LogP contribution in [0.25, 0.3) is 11.0 Å². The molecule has 4 aromatic rings. The quantitative estimate of drug-likeness (QED) is 0.452. The zero-order chi connectivity index (χ0) is 20.7. The lowest BCUT2D eigenvalue weighted by atomic mass is 10.3. The third-order valence-electron chi connectivity index (χ3n) is 3.77. The Morgan fingerprint density at radius 2 is 1.34 bits per heavy atom. The fourth-order valence-electron chi connectivity index (χ4n) is 2.25. The van der Waals surface area contributed by atoms with Gasteiger partial charge in [0, 0.05) is 19.6 Å². The maximum absolute atomic E-state index is 8.63. The summed E-state index contributed by atoms with van der Waals surface area (Å²) in [5.41, 5.74) is 0.956. The van der Waals surface area contributed by atoms with Gasteiger partial charge in [0.25, 0.3) is 0 Å². The Hall–Kier alpha value is -3.28. The summed E-state index contributed by atoms with van der Waals surface area (Å²) in [5.74, 6) is 1.14. The van der Waals surface area contributed by atoms with Gasteiger partial charge < -0.3 is 23.7 Å². The molecule has 152 valence electrons. The van der Waals surface area contributed by atoms with E-state index in [1.807, 2.05) is 66.7 Å². The van der Waals surface area contributed by atoms with Crippen molar-refractivity contribution in [2.45, 2.75) is 6.29 Å². The van der Waals surface area contributed by atoms with Gasteiger partial charge in [0.1, 0.15) is 23.7 Å². The smallest absolute Gasteiger partial charge is 0.191 e. The normalized spacial score (nSPS) is 9.90. The summed E-state index contributed by atoms with van der Waals surface area (Å²) >= 11 is 0. The van der Waals surface area contributed by atoms with E-state index in [2.05, 4.69) is 0 Å². The van der Waals surface area contributed by atoms with Crippen LogP contribution in [0, 0.1) is 0 Å². The number of para-hydroxylation sites is 3. The second-order valence-electron chi connectivity index (χ2n) is 5.82. The molecular weight excluding hydrogens is 368 g/mol. The number of hydrogen-bond acceptors (Lipinski definition) is 5. The largest absolute Gasteiger partial charge is 0.508 e. The van der Waals surface area contributed by atoms with Crippen LogP contribution in [0.15, 0.2) is 102 Å². The van der Waals surface area contributed by atoms with Gasteiger partial charge in [0.2, 0.25) is 0 Å². The number of phenols is 1. The van der Waals surface area contributed by atoms with Gasteiger partial charge in [-0.05, 0) is 36.4 Å². The Morgan fingerprint density at radius 3 is 1.90 bits per heavy atom. The van der Waals surface area contributed by atoms with Gasteiger partial charge in [0.05, 0.1) is 6.26 Å². The molecule has 3 aromatic carbocycles. The Kier molecular flexibility index (Phi) is 9.86. The number of phenolic OH excluding ortho intramolecular Hbond substituents is 1. The highest BCUT2D eigenvalue weighted by molar-refractivity contribution is 5.76. The molecule has 29 heavy (non-hydrogen) atoms. The average Bonchev–Trinajstić information content (AvgIpc) is 3.26. The minimum Gasteiger partial charge on any atom is -0.508 e. The van der Waals surface area contributed by atoms with Crippen molar-refractivity contribution in [1.82, 2.24) is 0 Å². The number of aromatic hydroxyl groups is 1. The monoisotopic (exact) mass is 394 g/mol. The first-order valence-electron chi connectivity index (χ1n) is 9.12. The molecule has 1 heterocycles. The molecule has 5 heteroatoms. The number of ether oxygens (including phenoxy) is 3. The Balaban J connectivity index is 0.000000163. The number of rotatable bonds is 5. The minimum absolute atomic E-state index is 0.305. The first-order valence-corrected chi connectivity index (χ1v) is 9.12. The molecule has 0 saturated heterocycles. The third kappa shape index (κ3) is 8.51. The Morgan fingerprint density at radius 1 is 0.759 bits per heavy atom. The third-order valence-corrected chi connectivity index (χ3v) is 3.77. The number of furan rings is 1. The molecule has 1 N–H and O–H groups in total. The molecule has 4 rings (SSSR count). The fourth-order valence-corrected chi connectivity index (χ4v) is 2.25. The molecule has 0 fully saturated rings. The Bertz CT molecular complexity index is 872. The summed E-state index contributed by atoms with van der Waals surface area (Å²) in [5, 5.41) is 9.80. The lowest BCUT2D eigenvalue weighted by Gasteiger charge is -2.13. The minimum atomic E-state index is -0.305. The summed E-state index contributed by atoms with van der Waals surface area (Å²) in [6, 6.07) is 28.2. The van der Waals surface area contributed by atoms with Crippen molar-refractivity contribution in [3.05, 3.63) is 97.3 Å². The van der Waals surface area contributed by atoms with Crippen molar-refractivity contribution in [2.24, 2.45) is 0 Å². The van der Waals surface area contributed by atoms with Crippen molar-refractivity contribution in [2.75, 3.05) is 20.8 Å². The van der Waals surface area contributed by atoms with E-state index in [1.54, 1.807) is 44.7 Å². The molecule has 0 radical (unpaired) electrons. The molecule has 0 aliphatic rings. The van der Waals surface area contributed by atoms with Gasteiger partial charge in [-0.25, -0.2) is 0 Å². The number of methoxy groups -OCH3 is 2. The second-order valence-corrected chi connectivity index (χ2v) is 5.82. The molecule has 0 amide bonds. The first kappa shape index (κ1) is 22.0. The van der Waals surface area contributed by atoms with Crippen LogP contribution in [0.4, 0.5) is 0 Å².